The van der Waals surface area contributed by atoms with Gasteiger partial charge in [-0.15, -0.1) is 0 Å². The molecule has 5 heteroatoms. The summed E-state index contributed by atoms with van der Waals surface area (Å²) in [5.74, 6) is -0.425. The topological polar surface area (TPSA) is 96.1 Å². The van der Waals surface area contributed by atoms with Crippen LogP contribution in [0.2, 0.25) is 0 Å². The summed E-state index contributed by atoms with van der Waals surface area (Å²) < 4.78 is 0. The molecule has 0 spiro atoms. The molecule has 5 nitrogen and oxygen atoms in total. The summed E-state index contributed by atoms with van der Waals surface area (Å²) >= 11 is 0. The largest absolute Gasteiger partial charge is 0.369 e. The van der Waals surface area contributed by atoms with Crippen molar-refractivity contribution in [1.82, 2.24) is 4.90 Å². The van der Waals surface area contributed by atoms with Crippen LogP contribution in [-0.4, -0.2) is 29.9 Å². The lowest BCUT2D eigenvalue weighted by Crippen LogP contribution is -2.53. The number of hydrogen-bond donors (Lipinski definition) is 2. The Kier molecular flexibility index (Phi) is 4.61. The van der Waals surface area contributed by atoms with Crippen molar-refractivity contribution in [3.05, 3.63) is 35.9 Å². The number of nitriles is 1. The van der Waals surface area contributed by atoms with E-state index in [-0.39, 0.29) is 11.8 Å². The Balaban J connectivity index is 2.17. The maximum absolute atomic E-state index is 11.4. The predicted molar refractivity (Wildman–Crippen MR) is 80.9 cm³/mol. The third kappa shape index (κ3) is 3.41. The van der Waals surface area contributed by atoms with E-state index >= 15 is 0 Å². The molecule has 3 atom stereocenters. The number of hydrogen-bond acceptors (Lipinski definition) is 4. The van der Waals surface area contributed by atoms with Gasteiger partial charge in [-0.05, 0) is 25.3 Å². The van der Waals surface area contributed by atoms with Crippen LogP contribution in [0.3, 0.4) is 0 Å². The molecule has 0 saturated carbocycles. The summed E-state index contributed by atoms with van der Waals surface area (Å²) in [6.07, 6.45) is 1.70. The van der Waals surface area contributed by atoms with Crippen LogP contribution < -0.4 is 11.5 Å². The van der Waals surface area contributed by atoms with Gasteiger partial charge in [-0.2, -0.15) is 5.26 Å². The van der Waals surface area contributed by atoms with E-state index < -0.39 is 5.54 Å². The summed E-state index contributed by atoms with van der Waals surface area (Å²) in [7, 11) is 0. The zero-order valence-electron chi connectivity index (χ0n) is 12.3. The Bertz CT molecular complexity index is 539. The van der Waals surface area contributed by atoms with Gasteiger partial charge in [0.2, 0.25) is 5.91 Å². The Morgan fingerprint density at radius 3 is 2.67 bits per heavy atom. The fourth-order valence-corrected chi connectivity index (χ4v) is 2.88. The van der Waals surface area contributed by atoms with E-state index in [0.29, 0.717) is 19.1 Å². The second kappa shape index (κ2) is 6.25. The molecule has 3 unspecified atom stereocenters. The average Bonchev–Trinajstić information content (AvgIpc) is 2.50. The molecule has 0 bridgehead atoms. The number of carbonyl (C=O) groups excluding carboxylic acids is 1. The Morgan fingerprint density at radius 2 is 2.10 bits per heavy atom. The van der Waals surface area contributed by atoms with Crippen molar-refractivity contribution in [3.63, 3.8) is 0 Å². The first kappa shape index (κ1) is 15.5. The second-order valence-corrected chi connectivity index (χ2v) is 5.90. The SMILES string of the molecule is CC1CCC(C(N)=O)CN1CC(N)(C#N)c1ccccc1. The number of amides is 1. The van der Waals surface area contributed by atoms with Gasteiger partial charge in [0.1, 0.15) is 5.54 Å². The first-order chi connectivity index (χ1) is 9.96. The lowest BCUT2D eigenvalue weighted by Gasteiger charge is -2.40. The van der Waals surface area contributed by atoms with Crippen LogP contribution >= 0.6 is 0 Å². The van der Waals surface area contributed by atoms with Crippen molar-refractivity contribution in [2.24, 2.45) is 17.4 Å². The number of benzene rings is 1. The monoisotopic (exact) mass is 286 g/mol. The van der Waals surface area contributed by atoms with Crippen molar-refractivity contribution in [1.29, 1.82) is 5.26 Å². The van der Waals surface area contributed by atoms with Gasteiger partial charge in [-0.3, -0.25) is 9.69 Å². The lowest BCUT2D eigenvalue weighted by atomic mass is 9.87. The fraction of sp³-hybridized carbons (Fsp3) is 0.500. The van der Waals surface area contributed by atoms with Crippen molar-refractivity contribution in [2.75, 3.05) is 13.1 Å². The van der Waals surface area contributed by atoms with Gasteiger partial charge in [0.05, 0.1) is 12.0 Å². The maximum Gasteiger partial charge on any atom is 0.221 e. The van der Waals surface area contributed by atoms with Gasteiger partial charge in [0.15, 0.2) is 0 Å². The highest BCUT2D eigenvalue weighted by atomic mass is 16.1. The zero-order valence-corrected chi connectivity index (χ0v) is 12.3. The lowest BCUT2D eigenvalue weighted by molar-refractivity contribution is -0.124. The molecule has 21 heavy (non-hydrogen) atoms. The molecule has 1 aromatic carbocycles. The minimum absolute atomic E-state index is 0.153. The highest BCUT2D eigenvalue weighted by Gasteiger charge is 2.35. The van der Waals surface area contributed by atoms with E-state index in [1.165, 1.54) is 0 Å². The first-order valence-corrected chi connectivity index (χ1v) is 7.25. The summed E-state index contributed by atoms with van der Waals surface area (Å²) in [6.45, 7) is 3.07. The predicted octanol–water partition coefficient (Wildman–Crippen LogP) is 0.950. The fourth-order valence-electron chi connectivity index (χ4n) is 2.88. The van der Waals surface area contributed by atoms with Crippen LogP contribution in [0, 0.1) is 17.2 Å². The molecule has 0 aromatic heterocycles. The van der Waals surface area contributed by atoms with Gasteiger partial charge in [0.25, 0.3) is 0 Å². The minimum Gasteiger partial charge on any atom is -0.369 e. The Labute approximate surface area is 125 Å². The summed E-state index contributed by atoms with van der Waals surface area (Å²) in [4.78, 5) is 13.5. The van der Waals surface area contributed by atoms with E-state index in [9.17, 15) is 10.1 Å². The van der Waals surface area contributed by atoms with Crippen LogP contribution in [0.1, 0.15) is 25.3 Å². The molecule has 1 amide bonds. The van der Waals surface area contributed by atoms with Crippen LogP contribution in [0.15, 0.2) is 30.3 Å². The average molecular weight is 286 g/mol. The second-order valence-electron chi connectivity index (χ2n) is 5.90. The molecule has 2 rings (SSSR count). The highest BCUT2D eigenvalue weighted by molar-refractivity contribution is 5.77. The molecule has 4 N–H and O–H groups in total. The molecule has 1 saturated heterocycles. The zero-order chi connectivity index (χ0) is 15.5. The Hall–Kier alpha value is -1.90. The van der Waals surface area contributed by atoms with E-state index in [2.05, 4.69) is 17.9 Å². The summed E-state index contributed by atoms with van der Waals surface area (Å²) in [5, 5.41) is 9.54. The maximum atomic E-state index is 11.4. The molecular formula is C16H22N4O. The normalized spacial score (nSPS) is 25.8. The Morgan fingerprint density at radius 1 is 1.43 bits per heavy atom. The summed E-state index contributed by atoms with van der Waals surface area (Å²) in [5.41, 5.74) is 11.5. The van der Waals surface area contributed by atoms with Gasteiger partial charge in [-0.25, -0.2) is 0 Å². The van der Waals surface area contributed by atoms with Gasteiger partial charge >= 0.3 is 0 Å². The molecule has 0 aliphatic carbocycles. The van der Waals surface area contributed by atoms with E-state index in [0.717, 1.165) is 18.4 Å². The third-order valence-corrected chi connectivity index (χ3v) is 4.35. The highest BCUT2D eigenvalue weighted by Crippen LogP contribution is 2.26. The molecule has 1 heterocycles. The van der Waals surface area contributed by atoms with Gasteiger partial charge in [-0.1, -0.05) is 30.3 Å². The molecule has 1 fully saturated rings. The molecule has 112 valence electrons. The standard InChI is InChI=1S/C16H22N4O/c1-12-7-8-13(15(18)21)9-20(12)11-16(19,10-17)14-5-3-2-4-6-14/h2-6,12-13H,7-9,11,19H2,1H3,(H2,18,21). The van der Waals surface area contributed by atoms with Crippen LogP contribution in [0.25, 0.3) is 0 Å². The first-order valence-electron chi connectivity index (χ1n) is 7.25. The van der Waals surface area contributed by atoms with E-state index in [1.807, 2.05) is 30.3 Å². The van der Waals surface area contributed by atoms with Crippen LogP contribution in [-0.2, 0) is 10.3 Å². The smallest absolute Gasteiger partial charge is 0.221 e. The molecular weight excluding hydrogens is 264 g/mol. The van der Waals surface area contributed by atoms with Crippen molar-refractivity contribution >= 4 is 5.91 Å². The summed E-state index contributed by atoms with van der Waals surface area (Å²) in [6, 6.07) is 11.9. The third-order valence-electron chi connectivity index (χ3n) is 4.35. The number of piperidine rings is 1. The van der Waals surface area contributed by atoms with Crippen molar-refractivity contribution in [2.45, 2.75) is 31.3 Å². The molecule has 1 aromatic rings. The number of nitrogens with zero attached hydrogens (tertiary/aromatic N) is 2. The molecule has 0 radical (unpaired) electrons. The molecule has 1 aliphatic rings. The minimum atomic E-state index is -1.07. The van der Waals surface area contributed by atoms with Gasteiger partial charge < -0.3 is 11.5 Å². The number of primary amides is 1. The van der Waals surface area contributed by atoms with Crippen LogP contribution in [0.4, 0.5) is 0 Å². The van der Waals surface area contributed by atoms with Crippen molar-refractivity contribution in [3.8, 4) is 6.07 Å². The molecule has 1 aliphatic heterocycles. The van der Waals surface area contributed by atoms with E-state index in [1.54, 1.807) is 0 Å². The number of rotatable bonds is 4. The number of nitrogens with two attached hydrogens (primary N) is 2. The quantitative estimate of drug-likeness (QED) is 0.861. The van der Waals surface area contributed by atoms with Crippen LogP contribution in [0.5, 0.6) is 0 Å². The van der Waals surface area contributed by atoms with Gasteiger partial charge in [0, 0.05) is 19.1 Å². The number of likely N-dealkylation sites (tertiary alicyclic amines) is 1. The van der Waals surface area contributed by atoms with Crippen molar-refractivity contribution < 1.29 is 4.79 Å². The number of carbonyl (C=O) groups is 1. The van der Waals surface area contributed by atoms with E-state index in [4.69, 9.17) is 11.5 Å².